The van der Waals surface area contributed by atoms with E-state index < -0.39 is 0 Å². The lowest BCUT2D eigenvalue weighted by Crippen LogP contribution is -2.19. The number of fused-ring (bicyclic) bond motifs is 1. The molecule has 1 unspecified atom stereocenters. The molecule has 0 saturated carbocycles. The summed E-state index contributed by atoms with van der Waals surface area (Å²) >= 11 is 6.49. The summed E-state index contributed by atoms with van der Waals surface area (Å²) in [5.74, 6) is 1.16. The molecule has 8 heteroatoms. The molecule has 0 fully saturated rings. The molecule has 5 aromatic rings. The molecule has 1 aromatic carbocycles. The van der Waals surface area contributed by atoms with Crippen molar-refractivity contribution in [2.75, 3.05) is 5.32 Å². The van der Waals surface area contributed by atoms with Crippen molar-refractivity contribution in [3.05, 3.63) is 112 Å². The first-order chi connectivity index (χ1) is 17.5. The molecule has 180 valence electrons. The van der Waals surface area contributed by atoms with Gasteiger partial charge in [0.1, 0.15) is 18.2 Å². The van der Waals surface area contributed by atoms with Gasteiger partial charge in [-0.05, 0) is 73.0 Å². The van der Waals surface area contributed by atoms with Crippen LogP contribution in [0, 0.1) is 6.92 Å². The Morgan fingerprint density at radius 3 is 2.75 bits per heavy atom. The van der Waals surface area contributed by atoms with Gasteiger partial charge in [0.25, 0.3) is 5.56 Å². The number of hydrogen-bond acceptors (Lipinski definition) is 6. The van der Waals surface area contributed by atoms with E-state index in [4.69, 9.17) is 16.3 Å². The van der Waals surface area contributed by atoms with E-state index in [1.54, 1.807) is 30.7 Å². The number of nitrogens with zero attached hydrogens (tertiary/aromatic N) is 3. The summed E-state index contributed by atoms with van der Waals surface area (Å²) in [7, 11) is 0. The van der Waals surface area contributed by atoms with Gasteiger partial charge in [-0.1, -0.05) is 17.7 Å². The molecule has 0 aliphatic rings. The topological polar surface area (TPSA) is 92.8 Å². The Hall–Kier alpha value is -4.23. The molecule has 7 nitrogen and oxygen atoms in total. The van der Waals surface area contributed by atoms with Crippen LogP contribution in [0.4, 0.5) is 5.82 Å². The van der Waals surface area contributed by atoms with Crippen molar-refractivity contribution in [2.45, 2.75) is 26.5 Å². The highest BCUT2D eigenvalue weighted by Gasteiger charge is 2.14. The third kappa shape index (κ3) is 5.06. The fraction of sp³-hybridized carbons (Fsp3) is 0.143. The molecule has 2 N–H and O–H groups in total. The van der Waals surface area contributed by atoms with Crippen LogP contribution in [0.1, 0.15) is 29.8 Å². The van der Waals surface area contributed by atoms with Crippen molar-refractivity contribution >= 4 is 28.3 Å². The van der Waals surface area contributed by atoms with Gasteiger partial charge in [-0.15, -0.1) is 0 Å². The first-order valence-electron chi connectivity index (χ1n) is 11.5. The van der Waals surface area contributed by atoms with Gasteiger partial charge in [0.15, 0.2) is 0 Å². The van der Waals surface area contributed by atoms with Crippen LogP contribution in [0.15, 0.2) is 84.2 Å². The van der Waals surface area contributed by atoms with Gasteiger partial charge in [-0.3, -0.25) is 14.8 Å². The predicted molar refractivity (Wildman–Crippen MR) is 142 cm³/mol. The lowest BCUT2D eigenvalue weighted by atomic mass is 10.0. The highest BCUT2D eigenvalue weighted by Crippen LogP contribution is 2.31. The molecule has 5 rings (SSSR count). The normalized spacial score (nSPS) is 11.9. The molecule has 0 amide bonds. The number of aromatic amines is 1. The number of halogens is 1. The van der Waals surface area contributed by atoms with E-state index in [1.165, 1.54) is 0 Å². The van der Waals surface area contributed by atoms with E-state index in [9.17, 15) is 4.79 Å². The average Bonchev–Trinajstić information content (AvgIpc) is 2.88. The molecule has 0 spiro atoms. The molecular formula is C28H24ClN5O2. The van der Waals surface area contributed by atoms with Crippen LogP contribution in [0.2, 0.25) is 5.02 Å². The number of pyridine rings is 4. The maximum Gasteiger partial charge on any atom is 0.253 e. The van der Waals surface area contributed by atoms with Crippen molar-refractivity contribution in [3.8, 4) is 16.9 Å². The van der Waals surface area contributed by atoms with E-state index in [1.807, 2.05) is 62.5 Å². The van der Waals surface area contributed by atoms with Gasteiger partial charge >= 0.3 is 0 Å². The fourth-order valence-electron chi connectivity index (χ4n) is 4.07. The van der Waals surface area contributed by atoms with Crippen LogP contribution in [-0.4, -0.2) is 19.9 Å². The van der Waals surface area contributed by atoms with E-state index >= 15 is 0 Å². The lowest BCUT2D eigenvalue weighted by molar-refractivity contribution is 0.302. The number of hydrogen-bond donors (Lipinski definition) is 2. The van der Waals surface area contributed by atoms with Crippen LogP contribution in [0.3, 0.4) is 0 Å². The summed E-state index contributed by atoms with van der Waals surface area (Å²) in [6.07, 6.45) is 7.07. The standard InChI is InChI=1S/C28H24ClN5O2/c1-17-15-30-9-7-22(17)19-6-10-32-27(13-19)33-18(2)23-11-20-12-24(29)26(14-25(20)34-28(23)35)36-16-21-5-3-4-8-31-21/h3-15,18H,16H2,1-2H3,(H,32,33)(H,34,35). The summed E-state index contributed by atoms with van der Waals surface area (Å²) in [5, 5.41) is 4.61. The monoisotopic (exact) mass is 497 g/mol. The first kappa shape index (κ1) is 23.5. The van der Waals surface area contributed by atoms with E-state index in [2.05, 4.69) is 25.3 Å². The molecule has 4 aromatic heterocycles. The molecule has 36 heavy (non-hydrogen) atoms. The summed E-state index contributed by atoms with van der Waals surface area (Å²) < 4.78 is 5.84. The minimum Gasteiger partial charge on any atom is -0.486 e. The average molecular weight is 498 g/mol. The number of aryl methyl sites for hydroxylation is 1. The Balaban J connectivity index is 1.38. The molecule has 0 bridgehead atoms. The van der Waals surface area contributed by atoms with Gasteiger partial charge in [0.05, 0.1) is 22.3 Å². The van der Waals surface area contributed by atoms with Gasteiger partial charge in [0, 0.05) is 41.8 Å². The highest BCUT2D eigenvalue weighted by atomic mass is 35.5. The van der Waals surface area contributed by atoms with Crippen molar-refractivity contribution in [1.82, 2.24) is 19.9 Å². The minimum absolute atomic E-state index is 0.193. The second-order valence-electron chi connectivity index (χ2n) is 8.52. The number of benzene rings is 1. The molecule has 1 atom stereocenters. The van der Waals surface area contributed by atoms with Gasteiger partial charge < -0.3 is 15.0 Å². The Morgan fingerprint density at radius 1 is 1.06 bits per heavy atom. The SMILES string of the molecule is Cc1cnccc1-c1ccnc(NC(C)c2cc3cc(Cl)c(OCc4ccccn4)cc3[nH]c2=O)c1. The van der Waals surface area contributed by atoms with Crippen LogP contribution >= 0.6 is 11.6 Å². The third-order valence-corrected chi connectivity index (χ3v) is 6.24. The maximum atomic E-state index is 13.0. The molecule has 4 heterocycles. The fourth-order valence-corrected chi connectivity index (χ4v) is 4.29. The lowest BCUT2D eigenvalue weighted by Gasteiger charge is -2.16. The second-order valence-corrected chi connectivity index (χ2v) is 8.93. The smallest absolute Gasteiger partial charge is 0.253 e. The van der Waals surface area contributed by atoms with Crippen molar-refractivity contribution in [1.29, 1.82) is 0 Å². The number of H-pyrrole nitrogens is 1. The minimum atomic E-state index is -0.293. The number of anilines is 1. The van der Waals surface area contributed by atoms with Crippen LogP contribution in [-0.2, 0) is 6.61 Å². The molecular weight excluding hydrogens is 474 g/mol. The summed E-state index contributed by atoms with van der Waals surface area (Å²) in [5.41, 5.74) is 5.00. The van der Waals surface area contributed by atoms with E-state index in [-0.39, 0.29) is 18.2 Å². The van der Waals surface area contributed by atoms with Crippen LogP contribution in [0.5, 0.6) is 5.75 Å². The zero-order valence-corrected chi connectivity index (χ0v) is 20.6. The van der Waals surface area contributed by atoms with Gasteiger partial charge in [-0.2, -0.15) is 0 Å². The zero-order chi connectivity index (χ0) is 25.1. The zero-order valence-electron chi connectivity index (χ0n) is 19.8. The first-order valence-corrected chi connectivity index (χ1v) is 11.9. The van der Waals surface area contributed by atoms with E-state index in [0.717, 1.165) is 27.8 Å². The molecule has 0 aliphatic carbocycles. The Labute approximate surface area is 213 Å². The van der Waals surface area contributed by atoms with Crippen LogP contribution in [0.25, 0.3) is 22.0 Å². The maximum absolute atomic E-state index is 13.0. The second kappa shape index (κ2) is 10.2. The Morgan fingerprint density at radius 2 is 1.94 bits per heavy atom. The Bertz CT molecular complexity index is 1590. The van der Waals surface area contributed by atoms with Crippen molar-refractivity contribution in [3.63, 3.8) is 0 Å². The van der Waals surface area contributed by atoms with E-state index in [0.29, 0.717) is 27.7 Å². The number of aromatic nitrogens is 4. The number of rotatable bonds is 7. The quantitative estimate of drug-likeness (QED) is 0.282. The number of nitrogens with one attached hydrogen (secondary N) is 2. The van der Waals surface area contributed by atoms with Gasteiger partial charge in [0.2, 0.25) is 0 Å². The van der Waals surface area contributed by atoms with Gasteiger partial charge in [-0.25, -0.2) is 4.98 Å². The third-order valence-electron chi connectivity index (χ3n) is 5.95. The largest absolute Gasteiger partial charge is 0.486 e. The summed E-state index contributed by atoms with van der Waals surface area (Å²) in [6, 6.07) is 16.6. The predicted octanol–water partition coefficient (Wildman–Crippen LogP) is 6.09. The summed E-state index contributed by atoms with van der Waals surface area (Å²) in [4.78, 5) is 28.8. The Kier molecular flexibility index (Phi) is 6.64. The van der Waals surface area contributed by atoms with Crippen molar-refractivity contribution in [2.24, 2.45) is 0 Å². The van der Waals surface area contributed by atoms with Crippen molar-refractivity contribution < 1.29 is 4.74 Å². The number of ether oxygens (including phenoxy) is 1. The molecule has 0 saturated heterocycles. The van der Waals surface area contributed by atoms with Crippen LogP contribution < -0.4 is 15.6 Å². The molecule has 0 radical (unpaired) electrons. The summed E-state index contributed by atoms with van der Waals surface area (Å²) in [6.45, 7) is 4.22. The molecule has 0 aliphatic heterocycles. The highest BCUT2D eigenvalue weighted by molar-refractivity contribution is 6.32.